The lowest BCUT2D eigenvalue weighted by Crippen LogP contribution is -2.61. The number of aldehydes is 1. The summed E-state index contributed by atoms with van der Waals surface area (Å²) in [6.45, 7) is 8.13. The molecule has 0 aliphatic carbocycles. The van der Waals surface area contributed by atoms with E-state index in [9.17, 15) is 67.7 Å². The third-order valence-electron chi connectivity index (χ3n) is 12.9. The highest BCUT2D eigenvalue weighted by Gasteiger charge is 2.37. The van der Waals surface area contributed by atoms with Crippen LogP contribution in [0.25, 0.3) is 0 Å². The van der Waals surface area contributed by atoms with Gasteiger partial charge in [-0.1, -0.05) is 34.1 Å². The highest BCUT2D eigenvalue weighted by atomic mass is 16.4. The Labute approximate surface area is 444 Å². The van der Waals surface area contributed by atoms with Crippen LogP contribution in [0.3, 0.4) is 0 Å². The number of rotatable bonds is 41. The minimum atomic E-state index is -1.61. The normalized spacial score (nSPS) is 16.7. The second kappa shape index (κ2) is 37.4. The number of hydrogen-bond acceptors (Lipinski definition) is 16. The molecule has 10 atom stereocenters. The summed E-state index contributed by atoms with van der Waals surface area (Å²) in [5, 5.41) is 51.8. The van der Waals surface area contributed by atoms with Crippen LogP contribution in [0.4, 0.5) is 0 Å². The fourth-order valence-electron chi connectivity index (χ4n) is 8.09. The van der Waals surface area contributed by atoms with Gasteiger partial charge in [0.05, 0.1) is 12.1 Å². The van der Waals surface area contributed by atoms with E-state index in [1.807, 2.05) is 0 Å². The summed E-state index contributed by atoms with van der Waals surface area (Å²) in [6.07, 6.45) is 1.30. The predicted octanol–water partition coefficient (Wildman–Crippen LogP) is -2.50. The Morgan fingerprint density at radius 1 is 0.500 bits per heavy atom. The molecule has 1 saturated heterocycles. The summed E-state index contributed by atoms with van der Waals surface area (Å²) >= 11 is 0. The quantitative estimate of drug-likeness (QED) is 0.0222. The molecule has 27 nitrogen and oxygen atoms in total. The van der Waals surface area contributed by atoms with Crippen molar-refractivity contribution in [2.24, 2.45) is 29.0 Å². The molecule has 27 heteroatoms. The molecule has 0 saturated carbocycles. The Kier molecular flexibility index (Phi) is 33.3. The van der Waals surface area contributed by atoms with Crippen molar-refractivity contribution in [3.8, 4) is 0 Å². The van der Waals surface area contributed by atoms with Gasteiger partial charge in [-0.05, 0) is 128 Å². The molecular weight excluding hydrogens is 997 g/mol. The number of unbranched alkanes of at least 4 members (excludes halogenated alkanes) is 3. The van der Waals surface area contributed by atoms with Crippen molar-refractivity contribution in [1.82, 2.24) is 47.9 Å². The molecule has 0 spiro atoms. The van der Waals surface area contributed by atoms with E-state index >= 15 is 0 Å². The number of aliphatic carboxylic acids is 3. The molecule has 18 N–H and O–H groups in total. The first kappa shape index (κ1) is 67.7. The lowest BCUT2D eigenvalue weighted by molar-refractivity contribution is -0.139. The fraction of sp³-hybridized carbons (Fsp3) is 0.755. The van der Waals surface area contributed by atoms with Crippen molar-refractivity contribution in [3.05, 3.63) is 0 Å². The Bertz CT molecular complexity index is 1920. The lowest BCUT2D eigenvalue weighted by Gasteiger charge is -2.29. The van der Waals surface area contributed by atoms with Crippen molar-refractivity contribution in [1.29, 1.82) is 0 Å². The zero-order valence-electron chi connectivity index (χ0n) is 44.5. The average molecular weight is 1080 g/mol. The summed E-state index contributed by atoms with van der Waals surface area (Å²) in [7, 11) is 0. The van der Waals surface area contributed by atoms with Crippen molar-refractivity contribution in [3.63, 3.8) is 0 Å². The maximum atomic E-state index is 14.2. The third kappa shape index (κ3) is 26.4. The van der Waals surface area contributed by atoms with Gasteiger partial charge in [-0.3, -0.25) is 52.7 Å². The van der Waals surface area contributed by atoms with Crippen molar-refractivity contribution >= 4 is 71.5 Å². The molecule has 8 amide bonds. The maximum Gasteiger partial charge on any atom is 0.303 e. The van der Waals surface area contributed by atoms with Crippen LogP contribution in [0.1, 0.15) is 143 Å². The van der Waals surface area contributed by atoms with Crippen molar-refractivity contribution in [2.75, 3.05) is 26.2 Å². The van der Waals surface area contributed by atoms with Crippen LogP contribution < -0.4 is 65.1 Å². The van der Waals surface area contributed by atoms with Crippen molar-refractivity contribution < 1.29 is 72.9 Å². The number of carbonyl (C=O) groups excluding carboxylic acids is 9. The second-order valence-corrected chi connectivity index (χ2v) is 19.5. The predicted molar refractivity (Wildman–Crippen MR) is 276 cm³/mol. The van der Waals surface area contributed by atoms with Gasteiger partial charge in [-0.25, -0.2) is 0 Å². The van der Waals surface area contributed by atoms with Crippen LogP contribution in [0, 0.1) is 11.8 Å². The fourth-order valence-corrected chi connectivity index (χ4v) is 8.09. The van der Waals surface area contributed by atoms with Crippen LogP contribution in [0.2, 0.25) is 0 Å². The van der Waals surface area contributed by atoms with Crippen LogP contribution in [-0.2, 0) is 57.5 Å². The maximum absolute atomic E-state index is 14.2. The largest absolute Gasteiger partial charge is 0.481 e. The average Bonchev–Trinajstić information content (AvgIpc) is 3.92. The monoisotopic (exact) mass is 1080 g/mol. The van der Waals surface area contributed by atoms with Gasteiger partial charge in [0, 0.05) is 19.3 Å². The number of carbonyl (C=O) groups is 12. The molecule has 0 bridgehead atoms. The highest BCUT2D eigenvalue weighted by Crippen LogP contribution is 2.14. The van der Waals surface area contributed by atoms with Gasteiger partial charge in [-0.2, -0.15) is 0 Å². The first-order valence-electron chi connectivity index (χ1n) is 26.4. The van der Waals surface area contributed by atoms with Crippen LogP contribution >= 0.6 is 0 Å². The zero-order valence-corrected chi connectivity index (χ0v) is 44.5. The summed E-state index contributed by atoms with van der Waals surface area (Å²) in [4.78, 5) is 157. The molecule has 1 aliphatic rings. The smallest absolute Gasteiger partial charge is 0.303 e. The molecular formula is C49H86N12O15. The van der Waals surface area contributed by atoms with E-state index in [-0.39, 0.29) is 70.0 Å². The van der Waals surface area contributed by atoms with Gasteiger partial charge in [-0.15, -0.1) is 0 Å². The van der Waals surface area contributed by atoms with Crippen LogP contribution in [0.5, 0.6) is 0 Å². The molecule has 0 aromatic rings. The molecule has 0 aromatic carbocycles. The topological polar surface area (TPSA) is 452 Å². The van der Waals surface area contributed by atoms with E-state index in [2.05, 4.69) is 47.9 Å². The second-order valence-electron chi connectivity index (χ2n) is 19.5. The SMILES string of the molecule is CC[C@H](C)[C@H](NC(=O)[C@H](CCCCN)NC(=O)[C@H](CCC(=O)O)NC(=O)[C@H](CCCCN)NC(=O)[C@H](CCCCN)NC(=O)[C@@H](NC(=O)[C@@H]1CCCN1)C(C)C)C(=O)N[C@@H](CCC(=O)O)C(=O)N[C@H](C=O)CCC(=O)O. The van der Waals surface area contributed by atoms with E-state index in [0.29, 0.717) is 51.4 Å². The first-order chi connectivity index (χ1) is 36.0. The van der Waals surface area contributed by atoms with Gasteiger partial charge in [0.15, 0.2) is 0 Å². The van der Waals surface area contributed by atoms with Gasteiger partial charge >= 0.3 is 17.9 Å². The van der Waals surface area contributed by atoms with E-state index in [0.717, 1.165) is 6.42 Å². The number of carboxylic acid groups (broad SMARTS) is 3. The molecule has 1 aliphatic heterocycles. The highest BCUT2D eigenvalue weighted by molar-refractivity contribution is 5.98. The molecule has 432 valence electrons. The molecule has 1 fully saturated rings. The van der Waals surface area contributed by atoms with E-state index in [1.165, 1.54) is 0 Å². The summed E-state index contributed by atoms with van der Waals surface area (Å²) in [5.74, 6) is -11.4. The van der Waals surface area contributed by atoms with Gasteiger partial charge in [0.2, 0.25) is 47.3 Å². The minimum Gasteiger partial charge on any atom is -0.481 e. The van der Waals surface area contributed by atoms with Crippen molar-refractivity contribution in [2.45, 2.75) is 198 Å². The number of hydrogen-bond donors (Lipinski definition) is 15. The summed E-state index contributed by atoms with van der Waals surface area (Å²) in [6, 6.07) is -11.3. The third-order valence-corrected chi connectivity index (χ3v) is 12.9. The Hall–Kier alpha value is -6.32. The Morgan fingerprint density at radius 3 is 1.22 bits per heavy atom. The van der Waals surface area contributed by atoms with Gasteiger partial charge in [0.1, 0.15) is 48.6 Å². The van der Waals surface area contributed by atoms with Gasteiger partial charge in [0.25, 0.3) is 0 Å². The summed E-state index contributed by atoms with van der Waals surface area (Å²) < 4.78 is 0. The first-order valence-corrected chi connectivity index (χ1v) is 26.4. The molecule has 0 unspecified atom stereocenters. The molecule has 1 heterocycles. The molecule has 1 rings (SSSR count). The lowest BCUT2D eigenvalue weighted by atomic mass is 9.96. The summed E-state index contributed by atoms with van der Waals surface area (Å²) in [5.41, 5.74) is 17.2. The molecule has 0 radical (unpaired) electrons. The van der Waals surface area contributed by atoms with Crippen LogP contribution in [-0.4, -0.2) is 167 Å². The molecule has 0 aromatic heterocycles. The number of nitrogens with one attached hydrogen (secondary N) is 9. The van der Waals surface area contributed by atoms with E-state index < -0.39 is 152 Å². The molecule has 76 heavy (non-hydrogen) atoms. The Morgan fingerprint density at radius 2 is 0.868 bits per heavy atom. The van der Waals surface area contributed by atoms with Crippen LogP contribution in [0.15, 0.2) is 0 Å². The number of nitrogens with two attached hydrogens (primary N) is 3. The zero-order chi connectivity index (χ0) is 57.3. The number of amides is 8. The standard InChI is InChI=1S/C49H86N12O15/c1-5-29(4)41(49(76)59-35(18-21-38(65)66)43(70)54-30(27-62)17-20-37(63)64)61-47(74)34(15-8-11-25-52)56-46(73)36(19-22-39(67)68)57-44(71)32(13-6-9-23-50)55-45(72)33(14-7-10-24-51)58-48(75)40(28(2)3)60-42(69)31-16-12-26-53-31/h27-36,40-41,53H,5-26,50-52H2,1-4H3,(H,54,70)(H,55,72)(H,56,73)(H,57,71)(H,58,75)(H,59,76)(H,60,69)(H,61,74)(H,63,64)(H,65,66)(H,67,68)/t29-,30-,31-,32-,33-,34-,35-,36-,40-,41-/m0/s1. The number of carboxylic acids is 3. The van der Waals surface area contributed by atoms with Gasteiger partial charge < -0.3 is 85.2 Å². The minimum absolute atomic E-state index is 0.00499. The van der Waals surface area contributed by atoms with E-state index in [1.54, 1.807) is 27.7 Å². The van der Waals surface area contributed by atoms with E-state index in [4.69, 9.17) is 22.3 Å². The Balaban J connectivity index is 3.53.